The molecule has 0 atom stereocenters. The van der Waals surface area contributed by atoms with Gasteiger partial charge in [0.05, 0.1) is 26.9 Å². The van der Waals surface area contributed by atoms with Crippen molar-refractivity contribution in [2.45, 2.75) is 5.88 Å². The van der Waals surface area contributed by atoms with E-state index in [1.165, 1.54) is 18.2 Å². The van der Waals surface area contributed by atoms with Crippen LogP contribution in [0.25, 0.3) is 0 Å². The van der Waals surface area contributed by atoms with Gasteiger partial charge < -0.3 is 4.74 Å². The molecule has 0 aliphatic carbocycles. The summed E-state index contributed by atoms with van der Waals surface area (Å²) in [5.41, 5.74) is 0.547. The van der Waals surface area contributed by atoms with Crippen LogP contribution in [0.1, 0.15) is 5.56 Å². The molecular formula is C13H8Cl3NO3. The summed E-state index contributed by atoms with van der Waals surface area (Å²) in [4.78, 5) is 10.2. The lowest BCUT2D eigenvalue weighted by Gasteiger charge is -2.12. The first-order valence-electron chi connectivity index (χ1n) is 5.48. The highest BCUT2D eigenvalue weighted by Crippen LogP contribution is 2.38. The number of hydrogen-bond acceptors (Lipinski definition) is 3. The Morgan fingerprint density at radius 3 is 2.55 bits per heavy atom. The van der Waals surface area contributed by atoms with E-state index in [0.717, 1.165) is 0 Å². The van der Waals surface area contributed by atoms with Crippen LogP contribution in [-0.2, 0) is 5.88 Å². The Hall–Kier alpha value is -1.49. The Morgan fingerprint density at radius 1 is 1.15 bits per heavy atom. The highest BCUT2D eigenvalue weighted by Gasteiger charge is 2.15. The zero-order valence-electron chi connectivity index (χ0n) is 9.98. The third kappa shape index (κ3) is 3.15. The second-order valence-corrected chi connectivity index (χ2v) is 4.92. The number of nitro benzene ring substituents is 1. The summed E-state index contributed by atoms with van der Waals surface area (Å²) in [7, 11) is 0. The van der Waals surface area contributed by atoms with Gasteiger partial charge in [-0.25, -0.2) is 0 Å². The van der Waals surface area contributed by atoms with Crippen LogP contribution in [0.2, 0.25) is 10.0 Å². The van der Waals surface area contributed by atoms with Crippen LogP contribution < -0.4 is 4.74 Å². The van der Waals surface area contributed by atoms with Gasteiger partial charge in [0.15, 0.2) is 5.75 Å². The Labute approximate surface area is 130 Å². The number of non-ortho nitro benzene ring substituents is 1. The van der Waals surface area contributed by atoms with Crippen LogP contribution >= 0.6 is 34.8 Å². The molecule has 104 valence electrons. The molecule has 7 heteroatoms. The van der Waals surface area contributed by atoms with Crippen LogP contribution in [0.15, 0.2) is 36.4 Å². The zero-order valence-corrected chi connectivity index (χ0v) is 12.2. The number of alkyl halides is 1. The average Bonchev–Trinajstić information content (AvgIpc) is 2.42. The molecule has 0 fully saturated rings. The predicted octanol–water partition coefficient (Wildman–Crippen LogP) is 5.43. The molecule has 0 heterocycles. The molecule has 0 radical (unpaired) electrons. The molecule has 0 N–H and O–H groups in total. The molecule has 0 amide bonds. The van der Waals surface area contributed by atoms with Crippen LogP contribution in [-0.4, -0.2) is 4.92 Å². The van der Waals surface area contributed by atoms with E-state index < -0.39 is 4.92 Å². The van der Waals surface area contributed by atoms with Crippen LogP contribution in [0.3, 0.4) is 0 Å². The third-order valence-electron chi connectivity index (χ3n) is 2.53. The van der Waals surface area contributed by atoms with E-state index in [4.69, 9.17) is 39.5 Å². The first-order chi connectivity index (χ1) is 9.52. The number of rotatable bonds is 4. The second-order valence-electron chi connectivity index (χ2n) is 3.84. The average molecular weight is 333 g/mol. The quantitative estimate of drug-likeness (QED) is 0.426. The SMILES string of the molecule is O=[N+]([O-])c1ccc(Cl)c(Oc2c(Cl)cccc2CCl)c1. The van der Waals surface area contributed by atoms with Gasteiger partial charge in [-0.1, -0.05) is 35.3 Å². The summed E-state index contributed by atoms with van der Waals surface area (Å²) in [6.45, 7) is 0. The first kappa shape index (κ1) is 14.9. The minimum Gasteiger partial charge on any atom is -0.454 e. The predicted molar refractivity (Wildman–Crippen MR) is 79.2 cm³/mol. The molecule has 2 aromatic rings. The van der Waals surface area contributed by atoms with Gasteiger partial charge in [-0.15, -0.1) is 11.6 Å². The fraction of sp³-hybridized carbons (Fsp3) is 0.0769. The van der Waals surface area contributed by atoms with Crippen molar-refractivity contribution in [1.82, 2.24) is 0 Å². The summed E-state index contributed by atoms with van der Waals surface area (Å²) >= 11 is 17.8. The van der Waals surface area contributed by atoms with Crippen molar-refractivity contribution in [2.24, 2.45) is 0 Å². The first-order valence-corrected chi connectivity index (χ1v) is 6.77. The van der Waals surface area contributed by atoms with Crippen molar-refractivity contribution in [3.63, 3.8) is 0 Å². The number of nitro groups is 1. The largest absolute Gasteiger partial charge is 0.454 e. The molecule has 0 saturated heterocycles. The highest BCUT2D eigenvalue weighted by molar-refractivity contribution is 6.33. The molecule has 20 heavy (non-hydrogen) atoms. The van der Waals surface area contributed by atoms with Crippen molar-refractivity contribution < 1.29 is 9.66 Å². The van der Waals surface area contributed by atoms with E-state index in [1.54, 1.807) is 18.2 Å². The van der Waals surface area contributed by atoms with Crippen LogP contribution in [0.5, 0.6) is 11.5 Å². The maximum atomic E-state index is 10.8. The monoisotopic (exact) mass is 331 g/mol. The van der Waals surface area contributed by atoms with E-state index in [0.29, 0.717) is 16.3 Å². The van der Waals surface area contributed by atoms with Gasteiger partial charge in [-0.05, 0) is 12.1 Å². The van der Waals surface area contributed by atoms with Gasteiger partial charge in [0.1, 0.15) is 5.75 Å². The topological polar surface area (TPSA) is 52.4 Å². The Bertz CT molecular complexity index is 661. The van der Waals surface area contributed by atoms with E-state index >= 15 is 0 Å². The number of halogens is 3. The minimum absolute atomic E-state index is 0.121. The Balaban J connectivity index is 2.44. The molecule has 0 aliphatic rings. The van der Waals surface area contributed by atoms with Gasteiger partial charge in [-0.2, -0.15) is 0 Å². The Morgan fingerprint density at radius 2 is 1.90 bits per heavy atom. The smallest absolute Gasteiger partial charge is 0.273 e. The van der Waals surface area contributed by atoms with Crippen molar-refractivity contribution in [2.75, 3.05) is 0 Å². The van der Waals surface area contributed by atoms with Gasteiger partial charge in [0, 0.05) is 11.6 Å². The number of hydrogen-bond donors (Lipinski definition) is 0. The van der Waals surface area contributed by atoms with E-state index in [-0.39, 0.29) is 22.3 Å². The fourth-order valence-electron chi connectivity index (χ4n) is 1.57. The van der Waals surface area contributed by atoms with Gasteiger partial charge >= 0.3 is 0 Å². The molecule has 0 aliphatic heterocycles. The summed E-state index contributed by atoms with van der Waals surface area (Å²) in [5, 5.41) is 11.4. The number of nitrogens with zero attached hydrogens (tertiary/aromatic N) is 1. The van der Waals surface area contributed by atoms with Crippen molar-refractivity contribution >= 4 is 40.5 Å². The lowest BCUT2D eigenvalue weighted by Crippen LogP contribution is -1.93. The second kappa shape index (κ2) is 6.31. The van der Waals surface area contributed by atoms with E-state index in [1.807, 2.05) is 0 Å². The lowest BCUT2D eigenvalue weighted by molar-refractivity contribution is -0.384. The van der Waals surface area contributed by atoms with Crippen LogP contribution in [0, 0.1) is 10.1 Å². The van der Waals surface area contributed by atoms with Crippen molar-refractivity contribution in [1.29, 1.82) is 0 Å². The van der Waals surface area contributed by atoms with Crippen LogP contribution in [0.4, 0.5) is 5.69 Å². The summed E-state index contributed by atoms with van der Waals surface area (Å²) in [6, 6.07) is 9.06. The van der Waals surface area contributed by atoms with E-state index in [9.17, 15) is 10.1 Å². The molecule has 0 unspecified atom stereocenters. The summed E-state index contributed by atoms with van der Waals surface area (Å²) < 4.78 is 5.60. The molecule has 0 saturated carbocycles. The number of para-hydroxylation sites is 1. The molecule has 0 spiro atoms. The highest BCUT2D eigenvalue weighted by atomic mass is 35.5. The maximum absolute atomic E-state index is 10.8. The molecule has 0 aromatic heterocycles. The van der Waals surface area contributed by atoms with Gasteiger partial charge in [0.2, 0.25) is 0 Å². The van der Waals surface area contributed by atoms with Gasteiger partial charge in [0.25, 0.3) is 5.69 Å². The molecular weight excluding hydrogens is 325 g/mol. The van der Waals surface area contributed by atoms with Crippen molar-refractivity contribution in [3.8, 4) is 11.5 Å². The maximum Gasteiger partial charge on any atom is 0.273 e. The number of ether oxygens (including phenoxy) is 1. The minimum atomic E-state index is -0.530. The molecule has 0 bridgehead atoms. The summed E-state index contributed by atoms with van der Waals surface area (Å²) in [6.07, 6.45) is 0. The normalized spacial score (nSPS) is 10.3. The third-order valence-corrected chi connectivity index (χ3v) is 3.43. The molecule has 2 aromatic carbocycles. The molecule has 2 rings (SSSR count). The Kier molecular flexibility index (Phi) is 4.70. The summed E-state index contributed by atoms with van der Waals surface area (Å²) in [5.74, 6) is 0.689. The fourth-order valence-corrected chi connectivity index (χ4v) is 2.17. The molecule has 4 nitrogen and oxygen atoms in total. The van der Waals surface area contributed by atoms with Gasteiger partial charge in [-0.3, -0.25) is 10.1 Å². The lowest BCUT2D eigenvalue weighted by atomic mass is 10.2. The van der Waals surface area contributed by atoms with Crippen molar-refractivity contribution in [3.05, 3.63) is 62.1 Å². The number of benzene rings is 2. The zero-order chi connectivity index (χ0) is 14.7. The standard InChI is InChI=1S/C13H8Cl3NO3/c14-7-8-2-1-3-11(16)13(8)20-12-6-9(17(18)19)4-5-10(12)15/h1-6H,7H2. The van der Waals surface area contributed by atoms with E-state index in [2.05, 4.69) is 0 Å².